The van der Waals surface area contributed by atoms with Gasteiger partial charge >= 0.3 is 6.08 Å². The minimum Gasteiger partial charge on any atom is -0.411 e. The molecule has 0 saturated heterocycles. The first kappa shape index (κ1) is 10.6. The minimum absolute atomic E-state index is 0.271. The van der Waals surface area contributed by atoms with Gasteiger partial charge in [-0.25, -0.2) is 0 Å². The lowest BCUT2D eigenvalue weighted by atomic mass is 10.3. The van der Waals surface area contributed by atoms with Crippen molar-refractivity contribution in [1.82, 2.24) is 4.98 Å². The van der Waals surface area contributed by atoms with Crippen LogP contribution >= 0.6 is 22.6 Å². The fourth-order valence-electron chi connectivity index (χ4n) is 1.53. The molecule has 3 aromatic rings. The Kier molecular flexibility index (Phi) is 2.72. The van der Waals surface area contributed by atoms with Crippen LogP contribution in [0.4, 0.5) is 0 Å². The second-order valence-corrected chi connectivity index (χ2v) is 4.75. The molecule has 0 unspecified atom stereocenters. The van der Waals surface area contributed by atoms with E-state index >= 15 is 0 Å². The molecule has 2 aromatic carbocycles. The molecule has 0 aliphatic heterocycles. The molecule has 3 nitrogen and oxygen atoms in total. The molecule has 0 saturated carbocycles. The summed E-state index contributed by atoms with van der Waals surface area (Å²) in [4.78, 5) is 4.25. The molecule has 1 aromatic heterocycles. The van der Waals surface area contributed by atoms with Crippen LogP contribution in [0.1, 0.15) is 0 Å². The van der Waals surface area contributed by atoms with E-state index in [1.807, 2.05) is 48.5 Å². The van der Waals surface area contributed by atoms with Crippen LogP contribution < -0.4 is 4.74 Å². The summed E-state index contributed by atoms with van der Waals surface area (Å²) in [7, 11) is 0. The van der Waals surface area contributed by atoms with Gasteiger partial charge in [-0.3, -0.25) is 0 Å². The van der Waals surface area contributed by atoms with Crippen molar-refractivity contribution in [2.24, 2.45) is 0 Å². The SMILES string of the molecule is Ic1cccc(Oc2nc3ccccc3o2)c1. The summed E-state index contributed by atoms with van der Waals surface area (Å²) >= 11 is 2.23. The third-order valence-corrected chi connectivity index (χ3v) is 2.95. The van der Waals surface area contributed by atoms with Gasteiger partial charge in [0.15, 0.2) is 5.58 Å². The van der Waals surface area contributed by atoms with Crippen LogP contribution in [0.15, 0.2) is 52.9 Å². The average molecular weight is 337 g/mol. The highest BCUT2D eigenvalue weighted by molar-refractivity contribution is 14.1. The molecule has 3 rings (SSSR count). The number of halogens is 1. The predicted molar refractivity (Wildman–Crippen MR) is 73.2 cm³/mol. The summed E-state index contributed by atoms with van der Waals surface area (Å²) in [5.41, 5.74) is 1.53. The Hall–Kier alpha value is -1.56. The Morgan fingerprint density at radius 3 is 2.76 bits per heavy atom. The van der Waals surface area contributed by atoms with E-state index in [1.165, 1.54) is 0 Å². The van der Waals surface area contributed by atoms with E-state index in [0.717, 1.165) is 20.4 Å². The lowest BCUT2D eigenvalue weighted by Gasteiger charge is -1.99. The van der Waals surface area contributed by atoms with Crippen molar-refractivity contribution >= 4 is 33.7 Å². The number of ether oxygens (including phenoxy) is 1. The second kappa shape index (κ2) is 4.37. The fraction of sp³-hybridized carbons (Fsp3) is 0. The van der Waals surface area contributed by atoms with Crippen LogP contribution in [0.25, 0.3) is 11.1 Å². The standard InChI is InChI=1S/C13H8INO2/c14-9-4-3-5-10(8-9)16-13-15-11-6-1-2-7-12(11)17-13/h1-8H. The molecule has 0 aliphatic rings. The van der Waals surface area contributed by atoms with Crippen molar-refractivity contribution in [3.63, 3.8) is 0 Å². The van der Waals surface area contributed by atoms with Gasteiger partial charge in [-0.2, -0.15) is 4.98 Å². The summed E-state index contributed by atoms with van der Waals surface area (Å²) < 4.78 is 12.1. The highest BCUT2D eigenvalue weighted by atomic mass is 127. The monoisotopic (exact) mass is 337 g/mol. The number of aromatic nitrogens is 1. The van der Waals surface area contributed by atoms with Gasteiger partial charge in [-0.15, -0.1) is 0 Å². The van der Waals surface area contributed by atoms with Crippen LogP contribution in [0.5, 0.6) is 11.8 Å². The van der Waals surface area contributed by atoms with Crippen LogP contribution in [0, 0.1) is 3.57 Å². The zero-order chi connectivity index (χ0) is 11.7. The maximum atomic E-state index is 5.56. The summed E-state index contributed by atoms with van der Waals surface area (Å²) in [6.07, 6.45) is 0.271. The van der Waals surface area contributed by atoms with Crippen molar-refractivity contribution in [3.8, 4) is 11.8 Å². The second-order valence-electron chi connectivity index (χ2n) is 3.51. The zero-order valence-corrected chi connectivity index (χ0v) is 10.9. The van der Waals surface area contributed by atoms with E-state index < -0.39 is 0 Å². The van der Waals surface area contributed by atoms with Gasteiger partial charge in [-0.05, 0) is 52.9 Å². The molecule has 84 valence electrons. The minimum atomic E-state index is 0.271. The summed E-state index contributed by atoms with van der Waals surface area (Å²) in [5, 5.41) is 0. The molecule has 0 radical (unpaired) electrons. The molecule has 0 aliphatic carbocycles. The van der Waals surface area contributed by atoms with Crippen LogP contribution in [0.2, 0.25) is 0 Å². The van der Waals surface area contributed by atoms with E-state index in [2.05, 4.69) is 27.6 Å². The molecular weight excluding hydrogens is 329 g/mol. The Morgan fingerprint density at radius 2 is 1.94 bits per heavy atom. The smallest absolute Gasteiger partial charge is 0.400 e. The fourth-order valence-corrected chi connectivity index (χ4v) is 2.04. The van der Waals surface area contributed by atoms with Crippen molar-refractivity contribution in [2.75, 3.05) is 0 Å². The third kappa shape index (κ3) is 2.26. The topological polar surface area (TPSA) is 35.3 Å². The lowest BCUT2D eigenvalue weighted by Crippen LogP contribution is -1.83. The summed E-state index contributed by atoms with van der Waals surface area (Å²) in [6.45, 7) is 0. The molecule has 0 spiro atoms. The van der Waals surface area contributed by atoms with Gasteiger partial charge in [0.2, 0.25) is 0 Å². The highest BCUT2D eigenvalue weighted by Crippen LogP contribution is 2.25. The Labute approximate surface area is 112 Å². The normalized spacial score (nSPS) is 10.6. The maximum absolute atomic E-state index is 5.56. The van der Waals surface area contributed by atoms with Crippen molar-refractivity contribution in [1.29, 1.82) is 0 Å². The van der Waals surface area contributed by atoms with E-state index in [4.69, 9.17) is 9.15 Å². The van der Waals surface area contributed by atoms with E-state index in [-0.39, 0.29) is 6.08 Å². The number of benzene rings is 2. The van der Waals surface area contributed by atoms with Gasteiger partial charge < -0.3 is 9.15 Å². The Bertz CT molecular complexity index is 630. The van der Waals surface area contributed by atoms with Gasteiger partial charge in [0.25, 0.3) is 0 Å². The molecule has 0 atom stereocenters. The van der Waals surface area contributed by atoms with Crippen LogP contribution in [-0.4, -0.2) is 4.98 Å². The number of hydrogen-bond donors (Lipinski definition) is 0. The zero-order valence-electron chi connectivity index (χ0n) is 8.76. The predicted octanol–water partition coefficient (Wildman–Crippen LogP) is 4.22. The first-order valence-electron chi connectivity index (χ1n) is 5.10. The largest absolute Gasteiger partial charge is 0.411 e. The van der Waals surface area contributed by atoms with Crippen molar-refractivity contribution in [2.45, 2.75) is 0 Å². The maximum Gasteiger partial charge on any atom is 0.400 e. The van der Waals surface area contributed by atoms with E-state index in [0.29, 0.717) is 0 Å². The molecule has 0 amide bonds. The Morgan fingerprint density at radius 1 is 1.06 bits per heavy atom. The summed E-state index contributed by atoms with van der Waals surface area (Å²) in [5.74, 6) is 0.725. The van der Waals surface area contributed by atoms with Gasteiger partial charge in [0.05, 0.1) is 0 Å². The van der Waals surface area contributed by atoms with Gasteiger partial charge in [0.1, 0.15) is 11.3 Å². The van der Waals surface area contributed by atoms with Crippen molar-refractivity contribution < 1.29 is 9.15 Å². The molecule has 0 N–H and O–H groups in total. The molecule has 17 heavy (non-hydrogen) atoms. The Balaban J connectivity index is 1.94. The number of hydrogen-bond acceptors (Lipinski definition) is 3. The summed E-state index contributed by atoms with van der Waals surface area (Å²) in [6, 6.07) is 15.3. The molecule has 1 heterocycles. The number of fused-ring (bicyclic) bond motifs is 1. The van der Waals surface area contributed by atoms with Gasteiger partial charge in [0, 0.05) is 3.57 Å². The number of oxazole rings is 1. The molecule has 0 bridgehead atoms. The van der Waals surface area contributed by atoms with Crippen molar-refractivity contribution in [3.05, 3.63) is 52.1 Å². The number of nitrogens with zero attached hydrogens (tertiary/aromatic N) is 1. The quantitative estimate of drug-likeness (QED) is 0.657. The third-order valence-electron chi connectivity index (χ3n) is 2.28. The van der Waals surface area contributed by atoms with Crippen LogP contribution in [-0.2, 0) is 0 Å². The lowest BCUT2D eigenvalue weighted by molar-refractivity contribution is 0.343. The van der Waals surface area contributed by atoms with Crippen LogP contribution in [0.3, 0.4) is 0 Å². The highest BCUT2D eigenvalue weighted by Gasteiger charge is 2.06. The first-order valence-corrected chi connectivity index (χ1v) is 6.18. The van der Waals surface area contributed by atoms with Gasteiger partial charge in [-0.1, -0.05) is 18.2 Å². The molecular formula is C13H8INO2. The first-order chi connectivity index (χ1) is 8.31. The average Bonchev–Trinajstić information content (AvgIpc) is 2.71. The molecule has 0 fully saturated rings. The molecule has 4 heteroatoms. The van der Waals surface area contributed by atoms with E-state index in [1.54, 1.807) is 0 Å². The number of rotatable bonds is 2. The van der Waals surface area contributed by atoms with E-state index in [9.17, 15) is 0 Å². The number of para-hydroxylation sites is 2.